The Hall–Kier alpha value is -3.56. The van der Waals surface area contributed by atoms with Crippen LogP contribution in [0.2, 0.25) is 0 Å². The maximum Gasteiger partial charge on any atom is 0.435 e. The predicted octanol–water partition coefficient (Wildman–Crippen LogP) is 6.23. The minimum absolute atomic E-state index is 0.00141. The highest BCUT2D eigenvalue weighted by molar-refractivity contribution is 5.63. The Balaban J connectivity index is 1.97. The maximum absolute atomic E-state index is 13.5. The topological polar surface area (TPSA) is 43.9 Å². The van der Waals surface area contributed by atoms with Gasteiger partial charge in [-0.3, -0.25) is 0 Å². The van der Waals surface area contributed by atoms with Crippen molar-refractivity contribution in [2.75, 3.05) is 0 Å². The van der Waals surface area contributed by atoms with E-state index in [0.29, 0.717) is 22.4 Å². The second kappa shape index (κ2) is 7.05. The lowest BCUT2D eigenvalue weighted by molar-refractivity contribution is -0.141. The number of alkyl halides is 6. The van der Waals surface area contributed by atoms with E-state index in [9.17, 15) is 26.3 Å². The van der Waals surface area contributed by atoms with Gasteiger partial charge in [-0.15, -0.1) is 0 Å². The summed E-state index contributed by atoms with van der Waals surface area (Å²) in [7, 11) is 0. The van der Waals surface area contributed by atoms with Crippen molar-refractivity contribution in [2.24, 2.45) is 0 Å². The summed E-state index contributed by atoms with van der Waals surface area (Å²) < 4.78 is 86.0. The summed E-state index contributed by atoms with van der Waals surface area (Å²) in [6, 6.07) is 13.0. The third-order valence-electron chi connectivity index (χ3n) is 4.20. The van der Waals surface area contributed by atoms with E-state index >= 15 is 0 Å². The first kappa shape index (κ1) is 19.7. The van der Waals surface area contributed by atoms with E-state index in [4.69, 9.17) is 4.42 Å². The second-order valence-corrected chi connectivity index (χ2v) is 6.26. The number of aromatic nitrogens is 3. The van der Waals surface area contributed by atoms with Crippen molar-refractivity contribution >= 4 is 0 Å². The molecule has 0 fully saturated rings. The van der Waals surface area contributed by atoms with Gasteiger partial charge in [0.1, 0.15) is 5.69 Å². The number of pyridine rings is 1. The van der Waals surface area contributed by atoms with E-state index in [2.05, 4.69) is 10.1 Å². The van der Waals surface area contributed by atoms with Crippen LogP contribution < -0.4 is 0 Å². The molecule has 0 atom stereocenters. The maximum atomic E-state index is 13.5. The normalized spacial score (nSPS) is 12.3. The molecule has 154 valence electrons. The molecule has 1 aromatic carbocycles. The Labute approximate surface area is 165 Å². The smallest absolute Gasteiger partial charge is 0.435 e. The number of furan rings is 1. The Morgan fingerprint density at radius 1 is 0.800 bits per heavy atom. The van der Waals surface area contributed by atoms with Crippen molar-refractivity contribution < 1.29 is 30.8 Å². The number of hydrogen-bond acceptors (Lipinski definition) is 3. The molecular weight excluding hydrogens is 412 g/mol. The van der Waals surface area contributed by atoms with Crippen LogP contribution in [0.4, 0.5) is 26.3 Å². The highest BCUT2D eigenvalue weighted by atomic mass is 19.4. The van der Waals surface area contributed by atoms with Gasteiger partial charge in [0.15, 0.2) is 17.3 Å². The summed E-state index contributed by atoms with van der Waals surface area (Å²) in [6.07, 6.45) is -8.32. The van der Waals surface area contributed by atoms with Crippen LogP contribution in [0.15, 0.2) is 71.3 Å². The molecule has 0 N–H and O–H groups in total. The molecule has 10 heteroatoms. The molecule has 3 aromatic heterocycles. The summed E-state index contributed by atoms with van der Waals surface area (Å²) in [5, 5.41) is 3.47. The van der Waals surface area contributed by atoms with E-state index in [1.54, 1.807) is 30.3 Å². The van der Waals surface area contributed by atoms with Gasteiger partial charge in [-0.05, 0) is 24.3 Å². The third-order valence-corrected chi connectivity index (χ3v) is 4.20. The summed E-state index contributed by atoms with van der Waals surface area (Å²) in [5.41, 5.74) is -2.23. The van der Waals surface area contributed by atoms with Crippen LogP contribution in [0, 0.1) is 0 Å². The fourth-order valence-electron chi connectivity index (χ4n) is 2.84. The van der Waals surface area contributed by atoms with Crippen LogP contribution in [0.5, 0.6) is 0 Å². The SMILES string of the molecule is FC(F)(F)c1cc(-c2ccccc2)nc(-n2nc(C(F)(F)F)cc2-c2ccco2)c1. The molecule has 4 nitrogen and oxygen atoms in total. The van der Waals surface area contributed by atoms with Crippen LogP contribution in [-0.2, 0) is 12.4 Å². The highest BCUT2D eigenvalue weighted by Crippen LogP contribution is 2.36. The monoisotopic (exact) mass is 423 g/mol. The zero-order chi connectivity index (χ0) is 21.5. The molecule has 0 unspecified atom stereocenters. The average molecular weight is 423 g/mol. The molecular formula is C20H11F6N3O. The largest absolute Gasteiger partial charge is 0.463 e. The number of rotatable bonds is 3. The lowest BCUT2D eigenvalue weighted by atomic mass is 10.1. The van der Waals surface area contributed by atoms with E-state index in [0.717, 1.165) is 6.07 Å². The van der Waals surface area contributed by atoms with Gasteiger partial charge in [0, 0.05) is 11.6 Å². The molecule has 0 aliphatic carbocycles. The lowest BCUT2D eigenvalue weighted by Crippen LogP contribution is -2.11. The molecule has 0 aliphatic heterocycles. The zero-order valence-corrected chi connectivity index (χ0v) is 14.9. The first-order valence-corrected chi connectivity index (χ1v) is 8.49. The van der Waals surface area contributed by atoms with Crippen molar-refractivity contribution in [3.8, 4) is 28.5 Å². The van der Waals surface area contributed by atoms with Crippen molar-refractivity contribution in [3.05, 3.63) is 78.2 Å². The quantitative estimate of drug-likeness (QED) is 0.367. The summed E-state index contributed by atoms with van der Waals surface area (Å²) in [5.74, 6) is -0.427. The molecule has 0 radical (unpaired) electrons. The fourth-order valence-corrected chi connectivity index (χ4v) is 2.84. The van der Waals surface area contributed by atoms with Gasteiger partial charge in [0.2, 0.25) is 0 Å². The first-order valence-electron chi connectivity index (χ1n) is 8.49. The molecule has 4 aromatic rings. The van der Waals surface area contributed by atoms with Crippen molar-refractivity contribution in [1.82, 2.24) is 14.8 Å². The number of benzene rings is 1. The van der Waals surface area contributed by atoms with Gasteiger partial charge in [0.25, 0.3) is 0 Å². The number of hydrogen-bond donors (Lipinski definition) is 0. The Morgan fingerprint density at radius 3 is 2.13 bits per heavy atom. The van der Waals surface area contributed by atoms with E-state index < -0.39 is 29.4 Å². The third kappa shape index (κ3) is 3.80. The molecule has 0 saturated heterocycles. The van der Waals surface area contributed by atoms with Crippen LogP contribution in [0.3, 0.4) is 0 Å². The van der Waals surface area contributed by atoms with Crippen LogP contribution in [-0.4, -0.2) is 14.8 Å². The lowest BCUT2D eigenvalue weighted by Gasteiger charge is -2.13. The minimum atomic E-state index is -4.81. The molecule has 0 amide bonds. The predicted molar refractivity (Wildman–Crippen MR) is 94.5 cm³/mol. The van der Waals surface area contributed by atoms with Crippen molar-refractivity contribution in [3.63, 3.8) is 0 Å². The Morgan fingerprint density at radius 2 is 1.53 bits per heavy atom. The van der Waals surface area contributed by atoms with Crippen LogP contribution in [0.1, 0.15) is 11.3 Å². The molecule has 4 rings (SSSR count). The van der Waals surface area contributed by atoms with Crippen molar-refractivity contribution in [2.45, 2.75) is 12.4 Å². The number of nitrogens with zero attached hydrogens (tertiary/aromatic N) is 3. The van der Waals surface area contributed by atoms with Crippen molar-refractivity contribution in [1.29, 1.82) is 0 Å². The molecule has 0 aliphatic rings. The van der Waals surface area contributed by atoms with Crippen LogP contribution >= 0.6 is 0 Å². The zero-order valence-electron chi connectivity index (χ0n) is 14.9. The Bertz CT molecular complexity index is 1160. The fraction of sp³-hybridized carbons (Fsp3) is 0.100. The van der Waals surface area contributed by atoms with Gasteiger partial charge < -0.3 is 4.42 Å². The summed E-state index contributed by atoms with van der Waals surface area (Å²) in [4.78, 5) is 4.14. The van der Waals surface area contributed by atoms with E-state index in [1.807, 2.05) is 0 Å². The second-order valence-electron chi connectivity index (χ2n) is 6.26. The van der Waals surface area contributed by atoms with Gasteiger partial charge in [-0.25, -0.2) is 9.67 Å². The highest BCUT2D eigenvalue weighted by Gasteiger charge is 2.37. The van der Waals surface area contributed by atoms with Gasteiger partial charge in [-0.2, -0.15) is 31.4 Å². The minimum Gasteiger partial charge on any atom is -0.463 e. The average Bonchev–Trinajstić information content (AvgIpc) is 3.37. The van der Waals surface area contributed by atoms with Gasteiger partial charge in [-0.1, -0.05) is 30.3 Å². The summed E-state index contributed by atoms with van der Waals surface area (Å²) >= 11 is 0. The molecule has 0 saturated carbocycles. The molecule has 3 heterocycles. The van der Waals surface area contributed by atoms with Gasteiger partial charge in [0.05, 0.1) is 17.5 Å². The molecule has 30 heavy (non-hydrogen) atoms. The number of halogens is 6. The first-order chi connectivity index (χ1) is 14.1. The van der Waals surface area contributed by atoms with Crippen LogP contribution in [0.25, 0.3) is 28.5 Å². The standard InChI is InChI=1S/C20H11F6N3O/c21-19(22,23)13-9-14(12-5-2-1-3-6-12)27-18(10-13)29-15(16-7-4-8-30-16)11-17(28-29)20(24,25)26/h1-11H. The van der Waals surface area contributed by atoms with Gasteiger partial charge >= 0.3 is 12.4 Å². The van der Waals surface area contributed by atoms with E-state index in [-0.39, 0.29) is 17.1 Å². The Kier molecular flexibility index (Phi) is 4.64. The summed E-state index contributed by atoms with van der Waals surface area (Å²) in [6.45, 7) is 0. The molecule has 0 bridgehead atoms. The van der Waals surface area contributed by atoms with E-state index in [1.165, 1.54) is 18.4 Å². The molecule has 0 spiro atoms.